The van der Waals surface area contributed by atoms with Gasteiger partial charge in [0.1, 0.15) is 0 Å². The third-order valence-electron chi connectivity index (χ3n) is 3.58. The van der Waals surface area contributed by atoms with E-state index in [-0.39, 0.29) is 0 Å². The maximum absolute atomic E-state index is 3.88. The second-order valence-corrected chi connectivity index (χ2v) is 4.42. The van der Waals surface area contributed by atoms with Crippen molar-refractivity contribution in [3.8, 4) is 0 Å². The Balaban J connectivity index is 2.32. The van der Waals surface area contributed by atoms with Gasteiger partial charge in [0.15, 0.2) is 0 Å². The molecular formula is C13H20N2. The minimum absolute atomic E-state index is 0.362. The molecule has 0 aliphatic carbocycles. The summed E-state index contributed by atoms with van der Waals surface area (Å²) in [7, 11) is 0. The Bertz CT molecular complexity index is 306. The van der Waals surface area contributed by atoms with Crippen LogP contribution in [0.4, 0.5) is 0 Å². The summed E-state index contributed by atoms with van der Waals surface area (Å²) in [5.74, 6) is 0. The molecule has 0 amide bonds. The first-order chi connectivity index (χ1) is 7.32. The minimum atomic E-state index is 0.362. The van der Waals surface area contributed by atoms with Crippen molar-refractivity contribution < 1.29 is 0 Å². The van der Waals surface area contributed by atoms with Crippen LogP contribution in [0.2, 0.25) is 0 Å². The summed E-state index contributed by atoms with van der Waals surface area (Å²) in [6.45, 7) is 9.31. The maximum Gasteiger partial charge on any atom is 0.0373 e. The zero-order chi connectivity index (χ0) is 10.7. The van der Waals surface area contributed by atoms with E-state index < -0.39 is 0 Å². The fourth-order valence-electron chi connectivity index (χ4n) is 2.71. The van der Waals surface area contributed by atoms with Crippen LogP contribution in [0, 0.1) is 5.41 Å². The molecule has 2 aliphatic rings. The molecule has 2 nitrogen and oxygen atoms in total. The van der Waals surface area contributed by atoms with Crippen LogP contribution in [0.1, 0.15) is 19.8 Å². The molecule has 2 heterocycles. The van der Waals surface area contributed by atoms with Crippen LogP contribution in [0.25, 0.3) is 0 Å². The van der Waals surface area contributed by atoms with Crippen molar-refractivity contribution in [2.45, 2.75) is 19.8 Å². The van der Waals surface area contributed by atoms with Gasteiger partial charge in [-0.3, -0.25) is 0 Å². The van der Waals surface area contributed by atoms with E-state index in [0.29, 0.717) is 5.41 Å². The predicted molar refractivity (Wildman–Crippen MR) is 64.6 cm³/mol. The van der Waals surface area contributed by atoms with Crippen molar-refractivity contribution >= 4 is 0 Å². The molecule has 1 fully saturated rings. The van der Waals surface area contributed by atoms with Crippen LogP contribution in [-0.2, 0) is 0 Å². The quantitative estimate of drug-likeness (QED) is 0.718. The SMILES string of the molecule is C=CC1=C(/C=C\C)C2(CCNCC2)CN1. The molecule has 0 aromatic heterocycles. The monoisotopic (exact) mass is 204 g/mol. The smallest absolute Gasteiger partial charge is 0.0373 e. The highest BCUT2D eigenvalue weighted by Gasteiger charge is 2.39. The maximum atomic E-state index is 3.88. The summed E-state index contributed by atoms with van der Waals surface area (Å²) < 4.78 is 0. The first-order valence-corrected chi connectivity index (χ1v) is 5.77. The van der Waals surface area contributed by atoms with Gasteiger partial charge in [0, 0.05) is 17.7 Å². The van der Waals surface area contributed by atoms with E-state index in [1.165, 1.54) is 24.1 Å². The van der Waals surface area contributed by atoms with Crippen molar-refractivity contribution in [3.05, 3.63) is 36.1 Å². The molecular weight excluding hydrogens is 184 g/mol. The summed E-state index contributed by atoms with van der Waals surface area (Å²) >= 11 is 0. The van der Waals surface area contributed by atoms with Gasteiger partial charge < -0.3 is 10.6 Å². The third kappa shape index (κ3) is 1.74. The van der Waals surface area contributed by atoms with Crippen molar-refractivity contribution in [2.24, 2.45) is 5.41 Å². The largest absolute Gasteiger partial charge is 0.384 e. The van der Waals surface area contributed by atoms with E-state index in [1.54, 1.807) is 0 Å². The van der Waals surface area contributed by atoms with Gasteiger partial charge in [0.2, 0.25) is 0 Å². The summed E-state index contributed by atoms with van der Waals surface area (Å²) in [6, 6.07) is 0. The molecule has 1 saturated heterocycles. The number of rotatable bonds is 2. The lowest BCUT2D eigenvalue weighted by Crippen LogP contribution is -2.39. The van der Waals surface area contributed by atoms with Gasteiger partial charge in [-0.1, -0.05) is 18.7 Å². The predicted octanol–water partition coefficient (Wildman–Crippen LogP) is 1.98. The summed E-state index contributed by atoms with van der Waals surface area (Å²) in [6.07, 6.45) is 8.80. The van der Waals surface area contributed by atoms with Crippen molar-refractivity contribution in [1.29, 1.82) is 0 Å². The second kappa shape index (κ2) is 4.23. The van der Waals surface area contributed by atoms with E-state index in [9.17, 15) is 0 Å². The molecule has 2 aliphatic heterocycles. The first-order valence-electron chi connectivity index (χ1n) is 5.77. The number of hydrogen-bond acceptors (Lipinski definition) is 2. The Kier molecular flexibility index (Phi) is 2.96. The van der Waals surface area contributed by atoms with Crippen LogP contribution >= 0.6 is 0 Å². The Morgan fingerprint density at radius 1 is 1.33 bits per heavy atom. The highest BCUT2D eigenvalue weighted by Crippen LogP contribution is 2.42. The van der Waals surface area contributed by atoms with Crippen molar-refractivity contribution in [1.82, 2.24) is 10.6 Å². The molecule has 1 spiro atoms. The van der Waals surface area contributed by atoms with Crippen LogP contribution < -0.4 is 10.6 Å². The van der Waals surface area contributed by atoms with Crippen LogP contribution in [0.3, 0.4) is 0 Å². The lowest BCUT2D eigenvalue weighted by Gasteiger charge is -2.34. The van der Waals surface area contributed by atoms with E-state index in [1.807, 2.05) is 6.08 Å². The second-order valence-electron chi connectivity index (χ2n) is 4.42. The van der Waals surface area contributed by atoms with Crippen LogP contribution in [0.5, 0.6) is 0 Å². The van der Waals surface area contributed by atoms with Gasteiger partial charge in [0.25, 0.3) is 0 Å². The van der Waals surface area contributed by atoms with E-state index in [0.717, 1.165) is 19.6 Å². The van der Waals surface area contributed by atoms with E-state index >= 15 is 0 Å². The van der Waals surface area contributed by atoms with Crippen LogP contribution in [-0.4, -0.2) is 19.6 Å². The Hall–Kier alpha value is -1.02. The molecule has 0 aromatic carbocycles. The van der Waals surface area contributed by atoms with Gasteiger partial charge in [-0.05, 0) is 44.5 Å². The Morgan fingerprint density at radius 2 is 2.07 bits per heavy atom. The van der Waals surface area contributed by atoms with Gasteiger partial charge >= 0.3 is 0 Å². The molecule has 2 rings (SSSR count). The lowest BCUT2D eigenvalue weighted by atomic mass is 9.74. The molecule has 0 radical (unpaired) electrons. The molecule has 0 bridgehead atoms. The fourth-order valence-corrected chi connectivity index (χ4v) is 2.71. The Labute approximate surface area is 92.1 Å². The molecule has 15 heavy (non-hydrogen) atoms. The molecule has 0 saturated carbocycles. The van der Waals surface area contributed by atoms with Gasteiger partial charge in [-0.2, -0.15) is 0 Å². The topological polar surface area (TPSA) is 24.1 Å². The lowest BCUT2D eigenvalue weighted by molar-refractivity contribution is 0.273. The molecule has 0 unspecified atom stereocenters. The molecule has 0 aromatic rings. The number of nitrogens with one attached hydrogen (secondary N) is 2. The summed E-state index contributed by atoms with van der Waals surface area (Å²) in [4.78, 5) is 0. The summed E-state index contributed by atoms with van der Waals surface area (Å²) in [5.41, 5.74) is 3.05. The molecule has 0 atom stereocenters. The minimum Gasteiger partial charge on any atom is -0.384 e. The number of allylic oxidation sites excluding steroid dienone is 3. The van der Waals surface area contributed by atoms with Crippen LogP contribution in [0.15, 0.2) is 36.1 Å². The number of hydrogen-bond donors (Lipinski definition) is 2. The molecule has 82 valence electrons. The third-order valence-corrected chi connectivity index (χ3v) is 3.58. The molecule has 2 N–H and O–H groups in total. The average Bonchev–Trinajstić information content (AvgIpc) is 2.60. The average molecular weight is 204 g/mol. The first kappa shape index (κ1) is 10.5. The van der Waals surface area contributed by atoms with Gasteiger partial charge in [0.05, 0.1) is 0 Å². The highest BCUT2D eigenvalue weighted by molar-refractivity contribution is 5.41. The molecule has 2 heteroatoms. The van der Waals surface area contributed by atoms with E-state index in [2.05, 4.69) is 36.3 Å². The van der Waals surface area contributed by atoms with E-state index in [4.69, 9.17) is 0 Å². The summed E-state index contributed by atoms with van der Waals surface area (Å²) in [5, 5.41) is 6.92. The van der Waals surface area contributed by atoms with Gasteiger partial charge in [-0.25, -0.2) is 0 Å². The number of piperidine rings is 1. The zero-order valence-corrected chi connectivity index (χ0v) is 9.47. The Morgan fingerprint density at radius 3 is 2.67 bits per heavy atom. The fraction of sp³-hybridized carbons (Fsp3) is 0.538. The highest BCUT2D eigenvalue weighted by atomic mass is 15.0. The van der Waals surface area contributed by atoms with Crippen molar-refractivity contribution in [3.63, 3.8) is 0 Å². The van der Waals surface area contributed by atoms with Crippen molar-refractivity contribution in [2.75, 3.05) is 19.6 Å². The zero-order valence-electron chi connectivity index (χ0n) is 9.47. The van der Waals surface area contributed by atoms with Gasteiger partial charge in [-0.15, -0.1) is 0 Å². The standard InChI is InChI=1S/C13H20N2/c1-3-5-11-12(4-2)15-10-13(11)6-8-14-9-7-13/h3-5,14-15H,2,6-10H2,1H3/b5-3-. The normalized spacial score (nSPS) is 24.9.